The first kappa shape index (κ1) is 57.3. The van der Waals surface area contributed by atoms with Gasteiger partial charge in [0, 0.05) is 96.7 Å². The molecule has 6 saturated heterocycles. The molecular weight excluding hydrogens is 1240 g/mol. The van der Waals surface area contributed by atoms with Crippen LogP contribution in [-0.4, -0.2) is 122 Å². The average Bonchev–Trinajstić information content (AvgIpc) is 4.19. The van der Waals surface area contributed by atoms with Gasteiger partial charge in [-0.05, 0) is 236 Å². The summed E-state index contributed by atoms with van der Waals surface area (Å²) in [6.45, 7) is 6.26. The summed E-state index contributed by atoms with van der Waals surface area (Å²) >= 11 is 10.3. The Morgan fingerprint density at radius 2 is 1.02 bits per heavy atom. The molecule has 16 nitrogen and oxygen atoms in total. The lowest BCUT2D eigenvalue weighted by Gasteiger charge is -2.25. The number of benzene rings is 1. The van der Waals surface area contributed by atoms with Crippen LogP contribution in [0.3, 0.4) is 0 Å². The molecule has 7 aromatic rings. The maximum atomic E-state index is 14.0. The highest BCUT2D eigenvalue weighted by Gasteiger charge is 2.52. The molecule has 20 heteroatoms. The largest absolute Gasteiger partial charge is 0.493 e. The lowest BCUT2D eigenvalue weighted by Crippen LogP contribution is -2.38. The van der Waals surface area contributed by atoms with Crippen LogP contribution in [0.1, 0.15) is 125 Å². The first-order valence-electron chi connectivity index (χ1n) is 28.3. The molecule has 6 bridgehead atoms. The molecule has 0 spiro atoms. The van der Waals surface area contributed by atoms with E-state index >= 15 is 0 Å². The first-order valence-corrected chi connectivity index (χ1v) is 30.7. The number of carbonyl (C=O) groups is 3. The monoisotopic (exact) mass is 1300 g/mol. The number of amides is 3. The molecule has 6 fully saturated rings. The number of aryl methyl sites for hydroxylation is 2. The molecule has 0 aliphatic carbocycles. The summed E-state index contributed by atoms with van der Waals surface area (Å²) in [4.78, 5) is 70.3. The van der Waals surface area contributed by atoms with E-state index < -0.39 is 5.82 Å². The van der Waals surface area contributed by atoms with Crippen molar-refractivity contribution in [2.75, 3.05) is 13.7 Å². The maximum absolute atomic E-state index is 14.0. The number of methoxy groups -OCH3 is 1. The van der Waals surface area contributed by atoms with E-state index in [0.29, 0.717) is 58.8 Å². The van der Waals surface area contributed by atoms with Crippen LogP contribution in [0.4, 0.5) is 4.39 Å². The van der Waals surface area contributed by atoms with E-state index in [1.807, 2.05) is 92.8 Å². The molecule has 12 heterocycles. The molecule has 0 N–H and O–H groups in total. The van der Waals surface area contributed by atoms with E-state index in [4.69, 9.17) is 9.47 Å². The van der Waals surface area contributed by atoms with Gasteiger partial charge >= 0.3 is 0 Å². The molecule has 1 aromatic carbocycles. The Morgan fingerprint density at radius 1 is 0.573 bits per heavy atom. The van der Waals surface area contributed by atoms with Gasteiger partial charge in [-0.3, -0.25) is 29.3 Å². The SMILES string of the molecule is CCOc1ccc(C)nc1C(=O)N1C2CCC1C(Cc1ccc(Br)cn1)C2.COc1c(F)cccc1C(=O)N1C2CCC1C(Cc1ccc(Br)cn1)C2.Cc1ccc(-n2nccn2)c(C(=O)N2C3CCC2C(Cc2ccc(Br)cn2)C3)n1. The number of nitrogens with zero attached hydrogens (tertiary/aromatic N) is 11. The minimum atomic E-state index is -0.500. The Hall–Kier alpha value is -6.51. The fourth-order valence-electron chi connectivity index (χ4n) is 13.8. The van der Waals surface area contributed by atoms with Crippen LogP contribution in [0, 0.1) is 37.4 Å². The molecule has 6 aliphatic heterocycles. The van der Waals surface area contributed by atoms with Crippen LogP contribution in [0.2, 0.25) is 0 Å². The zero-order chi connectivity index (χ0) is 57.2. The third-order valence-corrected chi connectivity index (χ3v) is 18.6. The number of carbonyl (C=O) groups excluding carboxylic acids is 3. The number of para-hydroxylation sites is 1. The normalized spacial score (nSPS) is 23.6. The van der Waals surface area contributed by atoms with Crippen molar-refractivity contribution in [3.05, 3.63) is 175 Å². The molecule has 6 aromatic heterocycles. The molecule has 0 radical (unpaired) electrons. The fourth-order valence-corrected chi connectivity index (χ4v) is 14.5. The molecule has 0 saturated carbocycles. The van der Waals surface area contributed by atoms with Gasteiger partial charge in [-0.1, -0.05) is 6.07 Å². The zero-order valence-corrected chi connectivity index (χ0v) is 51.0. The van der Waals surface area contributed by atoms with Gasteiger partial charge in [0.1, 0.15) is 5.69 Å². The van der Waals surface area contributed by atoms with E-state index in [1.54, 1.807) is 24.5 Å². The lowest BCUT2D eigenvalue weighted by atomic mass is 9.86. The van der Waals surface area contributed by atoms with Crippen molar-refractivity contribution in [2.45, 2.75) is 134 Å². The van der Waals surface area contributed by atoms with Crippen LogP contribution < -0.4 is 9.47 Å². The van der Waals surface area contributed by atoms with Gasteiger partial charge in [-0.25, -0.2) is 14.4 Å². The number of halogens is 4. The third kappa shape index (κ3) is 12.1. The van der Waals surface area contributed by atoms with Gasteiger partial charge in [0.2, 0.25) is 0 Å². The maximum Gasteiger partial charge on any atom is 0.276 e. The van der Waals surface area contributed by atoms with Crippen molar-refractivity contribution in [3.8, 4) is 17.2 Å². The van der Waals surface area contributed by atoms with Crippen molar-refractivity contribution < 1.29 is 28.2 Å². The van der Waals surface area contributed by atoms with Crippen molar-refractivity contribution >= 4 is 65.5 Å². The molecule has 9 unspecified atom stereocenters. The van der Waals surface area contributed by atoms with E-state index in [2.05, 4.69) is 105 Å². The molecule has 426 valence electrons. The highest BCUT2D eigenvalue weighted by molar-refractivity contribution is 9.11. The predicted octanol–water partition coefficient (Wildman–Crippen LogP) is 11.8. The third-order valence-electron chi connectivity index (χ3n) is 17.2. The molecule has 9 atom stereocenters. The summed E-state index contributed by atoms with van der Waals surface area (Å²) in [7, 11) is 1.40. The second-order valence-electron chi connectivity index (χ2n) is 22.2. The van der Waals surface area contributed by atoms with Crippen LogP contribution >= 0.6 is 47.8 Å². The molecule has 6 aliphatic rings. The molecule has 13 rings (SSSR count). The highest BCUT2D eigenvalue weighted by Crippen LogP contribution is 2.47. The summed E-state index contributed by atoms with van der Waals surface area (Å²) in [5.41, 5.74) is 6.68. The smallest absolute Gasteiger partial charge is 0.276 e. The lowest BCUT2D eigenvalue weighted by molar-refractivity contribution is 0.0701. The summed E-state index contributed by atoms with van der Waals surface area (Å²) in [5.74, 6) is 1.29. The Labute approximate surface area is 502 Å². The predicted molar refractivity (Wildman–Crippen MR) is 317 cm³/mol. The highest BCUT2D eigenvalue weighted by atomic mass is 79.9. The number of hydrogen-bond donors (Lipinski definition) is 0. The van der Waals surface area contributed by atoms with Crippen LogP contribution in [-0.2, 0) is 19.3 Å². The van der Waals surface area contributed by atoms with Gasteiger partial charge in [-0.2, -0.15) is 10.2 Å². The van der Waals surface area contributed by atoms with Crippen molar-refractivity contribution in [1.29, 1.82) is 0 Å². The Kier molecular flexibility index (Phi) is 17.6. The quantitative estimate of drug-likeness (QED) is 0.107. The average molecular weight is 1300 g/mol. The van der Waals surface area contributed by atoms with Gasteiger partial charge in [0.15, 0.2) is 28.7 Å². The summed E-state index contributed by atoms with van der Waals surface area (Å²) in [5, 5.41) is 8.40. The van der Waals surface area contributed by atoms with Crippen molar-refractivity contribution in [2.24, 2.45) is 17.8 Å². The number of ether oxygens (including phenoxy) is 2. The summed E-state index contributed by atoms with van der Waals surface area (Å²) in [6.07, 6.45) is 20.7. The van der Waals surface area contributed by atoms with Crippen LogP contribution in [0.5, 0.6) is 11.5 Å². The number of pyridine rings is 5. The Balaban J connectivity index is 0.000000129. The van der Waals surface area contributed by atoms with Gasteiger partial charge in [0.05, 0.1) is 31.7 Å². The number of rotatable bonds is 13. The van der Waals surface area contributed by atoms with E-state index in [9.17, 15) is 18.8 Å². The van der Waals surface area contributed by atoms with Gasteiger partial charge in [0.25, 0.3) is 17.7 Å². The minimum Gasteiger partial charge on any atom is -0.493 e. The van der Waals surface area contributed by atoms with Crippen molar-refractivity contribution in [3.63, 3.8) is 0 Å². The number of fused-ring (bicyclic) bond motifs is 6. The topological polar surface area (TPSA) is 175 Å². The summed E-state index contributed by atoms with van der Waals surface area (Å²) < 4.78 is 27.7. The number of aromatic nitrogens is 8. The number of hydrogen-bond acceptors (Lipinski definition) is 12. The minimum absolute atomic E-state index is 0.0141. The van der Waals surface area contributed by atoms with E-state index in [0.717, 1.165) is 119 Å². The van der Waals surface area contributed by atoms with Gasteiger partial charge in [-0.15, -0.1) is 4.80 Å². The van der Waals surface area contributed by atoms with Crippen LogP contribution in [0.15, 0.2) is 123 Å². The van der Waals surface area contributed by atoms with Crippen molar-refractivity contribution in [1.82, 2.24) is 54.6 Å². The Morgan fingerprint density at radius 3 is 1.48 bits per heavy atom. The second-order valence-corrected chi connectivity index (χ2v) is 25.0. The van der Waals surface area contributed by atoms with Crippen LogP contribution in [0.25, 0.3) is 5.69 Å². The second kappa shape index (κ2) is 25.1. The molecule has 3 amide bonds. The van der Waals surface area contributed by atoms with E-state index in [1.165, 1.54) is 18.0 Å². The first-order chi connectivity index (χ1) is 39.7. The fraction of sp³-hybridized carbons (Fsp3) is 0.419. The van der Waals surface area contributed by atoms with Gasteiger partial charge < -0.3 is 24.2 Å². The molecule has 82 heavy (non-hydrogen) atoms. The Bertz CT molecular complexity index is 3420. The standard InChI is InChI=1S/C21H21BrN6O.C21H24BrN3O2.C20H20BrFN2O2/c1-13-2-6-19(28-24-8-9-25-28)20(26-13)21(29)27-17-5-7-18(27)14(11-17)10-16-4-3-15(22)12-23-16;1-3-27-19-9-4-13(2)24-20(19)21(26)25-17-7-8-18(25)14(11-17)10-16-6-5-15(22)12-23-16;1-26-19-16(3-2-4-17(19)22)20(25)24-15-7-8-18(24)12(10-15)9-14-6-5-13(21)11-23-14/h2-4,6,8-9,12,14,17-18H,5,7,10-11H2,1H3;4-6,9,12,14,17-18H,3,7-8,10-11H2,1-2H3;2-6,11-12,15,18H,7-10H2,1H3. The zero-order valence-electron chi connectivity index (χ0n) is 46.3. The molecular formula is C62H65Br3FN11O5. The van der Waals surface area contributed by atoms with E-state index in [-0.39, 0.29) is 53.7 Å². The summed E-state index contributed by atoms with van der Waals surface area (Å²) in [6, 6.07) is 25.7.